The fraction of sp³-hybridized carbons (Fsp3) is 0.611. The highest BCUT2D eigenvalue weighted by molar-refractivity contribution is 7.99. The Hall–Kier alpha value is -1.20. The minimum absolute atomic E-state index is 0.0926. The molecule has 23 heavy (non-hydrogen) atoms. The number of hydrogen-bond acceptors (Lipinski definition) is 3. The molecule has 1 aromatic carbocycles. The molecule has 2 amide bonds. The van der Waals surface area contributed by atoms with Crippen molar-refractivity contribution in [3.05, 3.63) is 23.8 Å². The van der Waals surface area contributed by atoms with Gasteiger partial charge in [0.05, 0.1) is 0 Å². The number of carbonyl (C=O) groups is 1. The molecule has 0 spiro atoms. The number of rotatable bonds is 5. The van der Waals surface area contributed by atoms with E-state index in [9.17, 15) is 4.79 Å². The molecule has 0 radical (unpaired) electrons. The molecule has 0 saturated carbocycles. The van der Waals surface area contributed by atoms with E-state index >= 15 is 0 Å². The first-order chi connectivity index (χ1) is 11.0. The lowest BCUT2D eigenvalue weighted by molar-refractivity contribution is 0.221. The van der Waals surface area contributed by atoms with Crippen LogP contribution in [0.5, 0.6) is 0 Å². The summed E-state index contributed by atoms with van der Waals surface area (Å²) in [6.45, 7) is 8.58. The molecule has 0 aromatic heterocycles. The highest BCUT2D eigenvalue weighted by atomic mass is 32.2. The molecular weight excluding hydrogens is 306 g/mol. The van der Waals surface area contributed by atoms with Gasteiger partial charge in [-0.1, -0.05) is 13.8 Å². The molecule has 1 aliphatic heterocycles. The number of nitrogens with one attached hydrogen (secondary N) is 2. The van der Waals surface area contributed by atoms with E-state index in [1.54, 1.807) is 0 Å². The minimum Gasteiger partial charge on any atom is -0.335 e. The third kappa shape index (κ3) is 5.74. The van der Waals surface area contributed by atoms with Gasteiger partial charge in [-0.25, -0.2) is 4.79 Å². The van der Waals surface area contributed by atoms with E-state index in [1.165, 1.54) is 4.90 Å². The molecule has 1 atom stereocenters. The Kier molecular flexibility index (Phi) is 6.78. The van der Waals surface area contributed by atoms with Crippen LogP contribution in [0.2, 0.25) is 0 Å². The standard InChI is InChI=1S/C18H29N3OS/c1-5-14(3)23-16-6-7-17(13(2)12-16)20-18(22)19-15-8-10-21(4)11-9-15/h6-7,12,14-15H,5,8-11H2,1-4H3,(H2,19,20,22)/t14-/m0/s1. The Morgan fingerprint density at radius 1 is 1.39 bits per heavy atom. The zero-order chi connectivity index (χ0) is 16.8. The van der Waals surface area contributed by atoms with Crippen LogP contribution < -0.4 is 10.6 Å². The van der Waals surface area contributed by atoms with Crippen molar-refractivity contribution in [1.29, 1.82) is 0 Å². The van der Waals surface area contributed by atoms with Crippen LogP contribution in [-0.4, -0.2) is 42.4 Å². The van der Waals surface area contributed by atoms with Crippen molar-refractivity contribution < 1.29 is 4.79 Å². The van der Waals surface area contributed by atoms with Crippen molar-refractivity contribution in [3.8, 4) is 0 Å². The van der Waals surface area contributed by atoms with Gasteiger partial charge < -0.3 is 15.5 Å². The van der Waals surface area contributed by atoms with Crippen molar-refractivity contribution in [2.24, 2.45) is 0 Å². The van der Waals surface area contributed by atoms with Crippen LogP contribution >= 0.6 is 11.8 Å². The van der Waals surface area contributed by atoms with Crippen LogP contribution in [0.1, 0.15) is 38.7 Å². The van der Waals surface area contributed by atoms with Gasteiger partial charge in [0.25, 0.3) is 0 Å². The lowest BCUT2D eigenvalue weighted by Crippen LogP contribution is -2.44. The Bertz CT molecular complexity index is 527. The summed E-state index contributed by atoms with van der Waals surface area (Å²) in [5.41, 5.74) is 2.00. The molecule has 0 bridgehead atoms. The Morgan fingerprint density at radius 2 is 2.09 bits per heavy atom. The van der Waals surface area contributed by atoms with Gasteiger partial charge in [-0.2, -0.15) is 0 Å². The largest absolute Gasteiger partial charge is 0.335 e. The summed E-state index contributed by atoms with van der Waals surface area (Å²) >= 11 is 1.88. The first-order valence-corrected chi connectivity index (χ1v) is 9.39. The summed E-state index contributed by atoms with van der Waals surface area (Å²) in [7, 11) is 2.12. The van der Waals surface area contributed by atoms with E-state index in [4.69, 9.17) is 0 Å². The van der Waals surface area contributed by atoms with Crippen LogP contribution in [-0.2, 0) is 0 Å². The topological polar surface area (TPSA) is 44.4 Å². The predicted octanol–water partition coefficient (Wildman–Crippen LogP) is 4.10. The van der Waals surface area contributed by atoms with Crippen molar-refractivity contribution >= 4 is 23.5 Å². The van der Waals surface area contributed by atoms with Gasteiger partial charge in [0.2, 0.25) is 0 Å². The van der Waals surface area contributed by atoms with Crippen LogP contribution in [0.4, 0.5) is 10.5 Å². The molecule has 1 aromatic rings. The monoisotopic (exact) mass is 335 g/mol. The number of carbonyl (C=O) groups excluding carboxylic acids is 1. The number of aryl methyl sites for hydroxylation is 1. The van der Waals surface area contributed by atoms with E-state index in [-0.39, 0.29) is 12.1 Å². The second-order valence-electron chi connectivity index (χ2n) is 6.49. The number of amides is 2. The van der Waals surface area contributed by atoms with Gasteiger partial charge in [-0.15, -0.1) is 11.8 Å². The van der Waals surface area contributed by atoms with Gasteiger partial charge in [-0.05, 0) is 70.1 Å². The fourth-order valence-corrected chi connectivity index (χ4v) is 3.68. The number of anilines is 1. The second-order valence-corrected chi connectivity index (χ2v) is 8.00. The molecule has 2 N–H and O–H groups in total. The summed E-state index contributed by atoms with van der Waals surface area (Å²) in [4.78, 5) is 15.7. The molecule has 128 valence electrons. The SMILES string of the molecule is CC[C@H](C)Sc1ccc(NC(=O)NC2CCN(C)CC2)c(C)c1. The van der Waals surface area contributed by atoms with E-state index < -0.39 is 0 Å². The van der Waals surface area contributed by atoms with Crippen molar-refractivity contribution in [3.63, 3.8) is 0 Å². The molecule has 1 saturated heterocycles. The molecule has 2 rings (SSSR count). The van der Waals surface area contributed by atoms with E-state index in [0.29, 0.717) is 5.25 Å². The normalized spacial score (nSPS) is 17.7. The zero-order valence-electron chi connectivity index (χ0n) is 14.7. The van der Waals surface area contributed by atoms with Crippen molar-refractivity contribution in [2.45, 2.75) is 56.2 Å². The zero-order valence-corrected chi connectivity index (χ0v) is 15.5. The maximum atomic E-state index is 12.2. The molecule has 5 heteroatoms. The number of piperidine rings is 1. The first kappa shape index (κ1) is 18.1. The molecule has 0 unspecified atom stereocenters. The van der Waals surface area contributed by atoms with Gasteiger partial charge in [0, 0.05) is 21.9 Å². The Morgan fingerprint density at radius 3 is 2.70 bits per heavy atom. The third-order valence-electron chi connectivity index (χ3n) is 4.41. The Balaban J connectivity index is 1.88. The molecule has 1 heterocycles. The average molecular weight is 336 g/mol. The van der Waals surface area contributed by atoms with Crippen LogP contribution in [0.15, 0.2) is 23.1 Å². The summed E-state index contributed by atoms with van der Waals surface area (Å²) in [6, 6.07) is 6.45. The van der Waals surface area contributed by atoms with E-state index in [0.717, 1.165) is 43.6 Å². The average Bonchev–Trinajstić information content (AvgIpc) is 2.52. The predicted molar refractivity (Wildman–Crippen MR) is 99.5 cm³/mol. The summed E-state index contributed by atoms with van der Waals surface area (Å²) < 4.78 is 0. The van der Waals surface area contributed by atoms with Crippen LogP contribution in [0, 0.1) is 6.92 Å². The molecule has 1 fully saturated rings. The number of urea groups is 1. The van der Waals surface area contributed by atoms with Gasteiger partial charge in [-0.3, -0.25) is 0 Å². The quantitative estimate of drug-likeness (QED) is 0.796. The van der Waals surface area contributed by atoms with Gasteiger partial charge >= 0.3 is 6.03 Å². The maximum absolute atomic E-state index is 12.2. The van der Waals surface area contributed by atoms with Crippen molar-refractivity contribution in [2.75, 3.05) is 25.5 Å². The fourth-order valence-electron chi connectivity index (χ4n) is 2.66. The minimum atomic E-state index is -0.0926. The van der Waals surface area contributed by atoms with Crippen molar-refractivity contribution in [1.82, 2.24) is 10.2 Å². The third-order valence-corrected chi connectivity index (χ3v) is 5.67. The molecule has 0 aliphatic carbocycles. The lowest BCUT2D eigenvalue weighted by atomic mass is 10.1. The summed E-state index contributed by atoms with van der Waals surface area (Å²) in [5, 5.41) is 6.69. The first-order valence-electron chi connectivity index (χ1n) is 8.51. The summed E-state index contributed by atoms with van der Waals surface area (Å²) in [5.74, 6) is 0. The van der Waals surface area contributed by atoms with Gasteiger partial charge in [0.15, 0.2) is 0 Å². The molecule has 4 nitrogen and oxygen atoms in total. The van der Waals surface area contributed by atoms with E-state index in [1.807, 2.05) is 24.8 Å². The lowest BCUT2D eigenvalue weighted by Gasteiger charge is -2.29. The number of likely N-dealkylation sites (tertiary alicyclic amines) is 1. The Labute approximate surface area is 144 Å². The number of nitrogens with zero attached hydrogens (tertiary/aromatic N) is 1. The highest BCUT2D eigenvalue weighted by Gasteiger charge is 2.18. The molecular formula is C18H29N3OS. The second kappa shape index (κ2) is 8.60. The number of benzene rings is 1. The smallest absolute Gasteiger partial charge is 0.319 e. The highest BCUT2D eigenvalue weighted by Crippen LogP contribution is 2.28. The summed E-state index contributed by atoms with van der Waals surface area (Å²) in [6.07, 6.45) is 3.20. The van der Waals surface area contributed by atoms with E-state index in [2.05, 4.69) is 48.6 Å². The number of hydrogen-bond donors (Lipinski definition) is 2. The number of thioether (sulfide) groups is 1. The van der Waals surface area contributed by atoms with Crippen LogP contribution in [0.3, 0.4) is 0 Å². The van der Waals surface area contributed by atoms with Gasteiger partial charge in [0.1, 0.15) is 0 Å². The molecule has 1 aliphatic rings. The maximum Gasteiger partial charge on any atom is 0.319 e. The van der Waals surface area contributed by atoms with Crippen LogP contribution in [0.25, 0.3) is 0 Å².